The molecule has 4 rings (SSSR count). The minimum Gasteiger partial charge on any atom is -0.487 e. The molecule has 2 aliphatic heterocycles. The number of hydrogen-bond donors (Lipinski definition) is 1. The second kappa shape index (κ2) is 7.00. The normalized spacial score (nSPS) is 21.0. The molecular formula is C21H28N4O2. The van der Waals surface area contributed by atoms with E-state index in [-0.39, 0.29) is 11.2 Å². The Labute approximate surface area is 160 Å². The molecule has 1 fully saturated rings. The Morgan fingerprint density at radius 2 is 2.22 bits per heavy atom. The molecule has 27 heavy (non-hydrogen) atoms. The van der Waals surface area contributed by atoms with Gasteiger partial charge in [-0.15, -0.1) is 0 Å². The molecule has 0 amide bonds. The number of nitrogens with zero attached hydrogens (tertiary/aromatic N) is 3. The van der Waals surface area contributed by atoms with E-state index in [1.807, 2.05) is 0 Å². The molecule has 0 saturated carbocycles. The van der Waals surface area contributed by atoms with E-state index in [1.54, 1.807) is 24.0 Å². The Hall–Kier alpha value is -2.34. The fraction of sp³-hybridized carbons (Fsp3) is 0.524. The molecule has 0 spiro atoms. The topological polar surface area (TPSA) is 59.4 Å². The third kappa shape index (κ3) is 3.72. The lowest BCUT2D eigenvalue weighted by molar-refractivity contribution is 0.137. The number of rotatable bonds is 4. The Kier molecular flexibility index (Phi) is 4.68. The van der Waals surface area contributed by atoms with Crippen LogP contribution in [0.15, 0.2) is 35.4 Å². The standard InChI is InChI=1S/C21H28N4O2/c1-21(2)12-15-6-4-7-16(18(15)27-21)13-23-17-8-5-10-25(14-17)19-20(26)24(3)11-9-22-19/h4,6-7,9,11,17,23H,5,8,10,12-14H2,1-3H3. The monoisotopic (exact) mass is 368 g/mol. The molecule has 1 atom stereocenters. The molecule has 144 valence electrons. The molecule has 1 aromatic heterocycles. The zero-order chi connectivity index (χ0) is 19.0. The summed E-state index contributed by atoms with van der Waals surface area (Å²) in [7, 11) is 1.77. The second-order valence-corrected chi connectivity index (χ2v) is 8.28. The van der Waals surface area contributed by atoms with Crippen LogP contribution in [0.3, 0.4) is 0 Å². The SMILES string of the molecule is Cn1ccnc(N2CCCC(NCc3cccc4c3OC(C)(C)C4)C2)c1=O. The first-order valence-electron chi connectivity index (χ1n) is 9.73. The maximum Gasteiger partial charge on any atom is 0.293 e. The number of benzene rings is 1. The molecule has 3 heterocycles. The van der Waals surface area contributed by atoms with Gasteiger partial charge in [-0.05, 0) is 32.3 Å². The van der Waals surface area contributed by atoms with E-state index >= 15 is 0 Å². The minimum atomic E-state index is -0.126. The van der Waals surface area contributed by atoms with E-state index < -0.39 is 0 Å². The molecule has 6 nitrogen and oxygen atoms in total. The molecule has 1 saturated heterocycles. The highest BCUT2D eigenvalue weighted by atomic mass is 16.5. The van der Waals surface area contributed by atoms with Crippen LogP contribution in [-0.2, 0) is 20.0 Å². The molecule has 2 aliphatic rings. The summed E-state index contributed by atoms with van der Waals surface area (Å²) >= 11 is 0. The summed E-state index contributed by atoms with van der Waals surface area (Å²) in [5.41, 5.74) is 2.35. The van der Waals surface area contributed by atoms with Gasteiger partial charge in [0.15, 0.2) is 5.82 Å². The number of nitrogens with one attached hydrogen (secondary N) is 1. The molecule has 0 radical (unpaired) electrons. The Morgan fingerprint density at radius 1 is 1.37 bits per heavy atom. The van der Waals surface area contributed by atoms with Gasteiger partial charge in [0, 0.05) is 57.1 Å². The predicted octanol–water partition coefficient (Wildman–Crippen LogP) is 2.25. The summed E-state index contributed by atoms with van der Waals surface area (Å²) in [6.07, 6.45) is 6.50. The van der Waals surface area contributed by atoms with Gasteiger partial charge in [0.1, 0.15) is 11.4 Å². The van der Waals surface area contributed by atoms with Crippen LogP contribution in [0.2, 0.25) is 0 Å². The van der Waals surface area contributed by atoms with E-state index in [0.29, 0.717) is 11.9 Å². The first-order valence-corrected chi connectivity index (χ1v) is 9.73. The summed E-state index contributed by atoms with van der Waals surface area (Å²) < 4.78 is 7.77. The van der Waals surface area contributed by atoms with Crippen LogP contribution in [0.25, 0.3) is 0 Å². The summed E-state index contributed by atoms with van der Waals surface area (Å²) in [5, 5.41) is 3.67. The number of aryl methyl sites for hydroxylation is 1. The fourth-order valence-electron chi connectivity index (χ4n) is 4.11. The highest BCUT2D eigenvalue weighted by Gasteiger charge is 2.31. The highest BCUT2D eigenvalue weighted by molar-refractivity contribution is 5.45. The first-order chi connectivity index (χ1) is 12.9. The van der Waals surface area contributed by atoms with Gasteiger partial charge >= 0.3 is 0 Å². The molecule has 0 aliphatic carbocycles. The van der Waals surface area contributed by atoms with Gasteiger partial charge in [-0.25, -0.2) is 4.98 Å². The van der Waals surface area contributed by atoms with Crippen LogP contribution in [0, 0.1) is 0 Å². The second-order valence-electron chi connectivity index (χ2n) is 8.28. The lowest BCUT2D eigenvalue weighted by atomic mass is 10.00. The number of fused-ring (bicyclic) bond motifs is 1. The van der Waals surface area contributed by atoms with Gasteiger partial charge in [-0.1, -0.05) is 18.2 Å². The fourth-order valence-corrected chi connectivity index (χ4v) is 4.11. The molecule has 0 bridgehead atoms. The molecule has 2 aromatic rings. The number of piperidine rings is 1. The number of aromatic nitrogens is 2. The van der Waals surface area contributed by atoms with Crippen molar-refractivity contribution >= 4 is 5.82 Å². The van der Waals surface area contributed by atoms with Crippen LogP contribution in [0.1, 0.15) is 37.8 Å². The lowest BCUT2D eigenvalue weighted by Crippen LogP contribution is -2.47. The summed E-state index contributed by atoms with van der Waals surface area (Å²) in [6.45, 7) is 6.72. The van der Waals surface area contributed by atoms with Crippen molar-refractivity contribution in [2.24, 2.45) is 7.05 Å². The number of ether oxygens (including phenoxy) is 1. The van der Waals surface area contributed by atoms with E-state index in [1.165, 1.54) is 11.1 Å². The van der Waals surface area contributed by atoms with E-state index in [9.17, 15) is 4.79 Å². The van der Waals surface area contributed by atoms with Crippen molar-refractivity contribution in [2.45, 2.75) is 51.3 Å². The predicted molar refractivity (Wildman–Crippen MR) is 106 cm³/mol. The molecule has 1 unspecified atom stereocenters. The molecular weight excluding hydrogens is 340 g/mol. The van der Waals surface area contributed by atoms with Crippen molar-refractivity contribution < 1.29 is 4.74 Å². The minimum absolute atomic E-state index is 0.0327. The summed E-state index contributed by atoms with van der Waals surface area (Å²) in [4.78, 5) is 18.8. The van der Waals surface area contributed by atoms with Crippen molar-refractivity contribution in [1.82, 2.24) is 14.9 Å². The highest BCUT2D eigenvalue weighted by Crippen LogP contribution is 2.37. The van der Waals surface area contributed by atoms with E-state index in [2.05, 4.69) is 47.2 Å². The van der Waals surface area contributed by atoms with Crippen LogP contribution >= 0.6 is 0 Å². The van der Waals surface area contributed by atoms with Gasteiger partial charge in [-0.2, -0.15) is 0 Å². The third-order valence-corrected chi connectivity index (χ3v) is 5.47. The van der Waals surface area contributed by atoms with Crippen LogP contribution in [0.4, 0.5) is 5.82 Å². The van der Waals surface area contributed by atoms with Crippen molar-refractivity contribution in [2.75, 3.05) is 18.0 Å². The average molecular weight is 368 g/mol. The van der Waals surface area contributed by atoms with Crippen LogP contribution in [-0.4, -0.2) is 34.3 Å². The number of anilines is 1. The Morgan fingerprint density at radius 3 is 3.07 bits per heavy atom. The smallest absolute Gasteiger partial charge is 0.293 e. The van der Waals surface area contributed by atoms with Gasteiger partial charge < -0.3 is 19.5 Å². The zero-order valence-corrected chi connectivity index (χ0v) is 16.4. The van der Waals surface area contributed by atoms with Crippen LogP contribution in [0.5, 0.6) is 5.75 Å². The van der Waals surface area contributed by atoms with Gasteiger partial charge in [-0.3, -0.25) is 4.79 Å². The average Bonchev–Trinajstić information content (AvgIpc) is 2.97. The van der Waals surface area contributed by atoms with E-state index in [4.69, 9.17) is 4.74 Å². The van der Waals surface area contributed by atoms with Crippen molar-refractivity contribution in [3.05, 3.63) is 52.1 Å². The largest absolute Gasteiger partial charge is 0.487 e. The zero-order valence-electron chi connectivity index (χ0n) is 16.4. The Bertz CT molecular complexity index is 890. The molecule has 1 N–H and O–H groups in total. The van der Waals surface area contributed by atoms with Crippen molar-refractivity contribution in [3.8, 4) is 5.75 Å². The van der Waals surface area contributed by atoms with Gasteiger partial charge in [0.2, 0.25) is 0 Å². The molecule has 6 heteroatoms. The van der Waals surface area contributed by atoms with Gasteiger partial charge in [0.25, 0.3) is 5.56 Å². The maximum absolute atomic E-state index is 12.4. The number of para-hydroxylation sites is 1. The summed E-state index contributed by atoms with van der Waals surface area (Å²) in [5.74, 6) is 1.60. The lowest BCUT2D eigenvalue weighted by Gasteiger charge is -2.33. The van der Waals surface area contributed by atoms with Crippen molar-refractivity contribution in [1.29, 1.82) is 0 Å². The maximum atomic E-state index is 12.4. The third-order valence-electron chi connectivity index (χ3n) is 5.47. The van der Waals surface area contributed by atoms with Crippen molar-refractivity contribution in [3.63, 3.8) is 0 Å². The number of hydrogen-bond acceptors (Lipinski definition) is 5. The summed E-state index contributed by atoms with van der Waals surface area (Å²) in [6, 6.07) is 6.75. The van der Waals surface area contributed by atoms with Crippen LogP contribution < -0.4 is 20.5 Å². The van der Waals surface area contributed by atoms with E-state index in [0.717, 1.165) is 44.6 Å². The quantitative estimate of drug-likeness (QED) is 0.897. The molecule has 1 aromatic carbocycles. The van der Waals surface area contributed by atoms with Gasteiger partial charge in [0.05, 0.1) is 0 Å². The Balaban J connectivity index is 1.44. The first kappa shape index (κ1) is 18.0.